The lowest BCUT2D eigenvalue weighted by molar-refractivity contribution is 0.0693. The topological polar surface area (TPSA) is 66.5 Å². The number of hydrogen-bond donors (Lipinski definition) is 1. The average molecular weight is 318 g/mol. The van der Waals surface area contributed by atoms with Gasteiger partial charge >= 0.3 is 0 Å². The second-order valence-corrected chi connectivity index (χ2v) is 5.28. The van der Waals surface area contributed by atoms with Crippen molar-refractivity contribution in [3.05, 3.63) is 70.8 Å². The monoisotopic (exact) mass is 318 g/mol. The molecule has 1 aliphatic rings. The molecule has 0 aliphatic carbocycles. The number of nitrogens with one attached hydrogen (secondary N) is 1. The summed E-state index contributed by atoms with van der Waals surface area (Å²) in [5.74, 6) is 4.72. The van der Waals surface area contributed by atoms with Gasteiger partial charge in [0.25, 0.3) is 17.7 Å². The highest BCUT2D eigenvalue weighted by atomic mass is 16.2. The van der Waals surface area contributed by atoms with Gasteiger partial charge in [0.05, 0.1) is 17.7 Å². The maximum absolute atomic E-state index is 12.1. The van der Waals surface area contributed by atoms with E-state index in [0.717, 1.165) is 10.5 Å². The molecule has 0 aromatic heterocycles. The van der Waals surface area contributed by atoms with Crippen LogP contribution in [0.5, 0.6) is 0 Å². The van der Waals surface area contributed by atoms with Gasteiger partial charge in [-0.1, -0.05) is 30.0 Å². The Labute approximate surface area is 139 Å². The molecular formula is C19H14N2O3. The van der Waals surface area contributed by atoms with Crippen LogP contribution in [-0.2, 0) is 0 Å². The summed E-state index contributed by atoms with van der Waals surface area (Å²) in [4.78, 5) is 36.9. The molecule has 24 heavy (non-hydrogen) atoms. The third kappa shape index (κ3) is 2.90. The van der Waals surface area contributed by atoms with Gasteiger partial charge in [-0.25, -0.2) is 0 Å². The summed E-state index contributed by atoms with van der Waals surface area (Å²) in [5, 5.41) is 2.68. The Morgan fingerprint density at radius 1 is 1.04 bits per heavy atom. The van der Waals surface area contributed by atoms with Crippen molar-refractivity contribution in [3.8, 4) is 11.8 Å². The van der Waals surface area contributed by atoms with Crippen LogP contribution in [-0.4, -0.2) is 36.2 Å². The van der Waals surface area contributed by atoms with E-state index in [0.29, 0.717) is 11.1 Å². The van der Waals surface area contributed by atoms with E-state index in [-0.39, 0.29) is 23.9 Å². The summed E-state index contributed by atoms with van der Waals surface area (Å²) in [6.45, 7) is 0.192. The fourth-order valence-corrected chi connectivity index (χ4v) is 2.40. The maximum atomic E-state index is 12.1. The standard InChI is InChI=1S/C19H14N2O3/c1-21-18(23)15-10-9-14(12-16(15)19(21)24)17(22)20-11-5-8-13-6-3-2-4-7-13/h2-4,6-7,9-10,12H,11H2,1H3,(H,20,22). The number of rotatable bonds is 2. The zero-order valence-corrected chi connectivity index (χ0v) is 13.0. The number of amides is 3. The van der Waals surface area contributed by atoms with Crippen LogP contribution >= 0.6 is 0 Å². The minimum atomic E-state index is -0.395. The average Bonchev–Trinajstić information content (AvgIpc) is 2.83. The molecule has 1 heterocycles. The van der Waals surface area contributed by atoms with Crippen molar-refractivity contribution >= 4 is 17.7 Å². The molecule has 5 heteroatoms. The number of imide groups is 1. The first kappa shape index (κ1) is 15.5. The Bertz CT molecular complexity index is 892. The quantitative estimate of drug-likeness (QED) is 0.677. The third-order valence-electron chi connectivity index (χ3n) is 3.70. The molecule has 0 radical (unpaired) electrons. The molecule has 0 saturated carbocycles. The van der Waals surface area contributed by atoms with Crippen molar-refractivity contribution in [2.24, 2.45) is 0 Å². The Kier molecular flexibility index (Phi) is 4.13. The Hall–Kier alpha value is -3.39. The molecule has 3 amide bonds. The van der Waals surface area contributed by atoms with Crippen molar-refractivity contribution in [1.29, 1.82) is 0 Å². The number of carbonyl (C=O) groups excluding carboxylic acids is 3. The van der Waals surface area contributed by atoms with E-state index in [1.54, 1.807) is 0 Å². The molecule has 0 atom stereocenters. The molecule has 0 bridgehead atoms. The molecule has 0 saturated heterocycles. The summed E-state index contributed by atoms with van der Waals surface area (Å²) in [5.41, 5.74) is 1.77. The number of carbonyl (C=O) groups is 3. The first-order chi connectivity index (χ1) is 11.6. The fraction of sp³-hybridized carbons (Fsp3) is 0.105. The SMILES string of the molecule is CN1C(=O)c2ccc(C(=O)NCC#Cc3ccccc3)cc2C1=O. The van der Waals surface area contributed by atoms with Crippen LogP contribution < -0.4 is 5.32 Å². The van der Waals surface area contributed by atoms with E-state index < -0.39 is 5.91 Å². The van der Waals surface area contributed by atoms with Gasteiger partial charge in [-0.05, 0) is 30.3 Å². The highest BCUT2D eigenvalue weighted by molar-refractivity contribution is 6.21. The van der Waals surface area contributed by atoms with Gasteiger partial charge in [-0.3, -0.25) is 19.3 Å². The van der Waals surface area contributed by atoms with Crippen molar-refractivity contribution in [3.63, 3.8) is 0 Å². The largest absolute Gasteiger partial charge is 0.341 e. The molecule has 2 aromatic rings. The zero-order valence-electron chi connectivity index (χ0n) is 13.0. The number of fused-ring (bicyclic) bond motifs is 1. The fourth-order valence-electron chi connectivity index (χ4n) is 2.40. The van der Waals surface area contributed by atoms with Crippen LogP contribution in [0.4, 0.5) is 0 Å². The number of hydrogen-bond acceptors (Lipinski definition) is 3. The van der Waals surface area contributed by atoms with E-state index in [9.17, 15) is 14.4 Å². The molecule has 1 N–H and O–H groups in total. The zero-order chi connectivity index (χ0) is 17.1. The minimum absolute atomic E-state index is 0.192. The van der Waals surface area contributed by atoms with E-state index in [2.05, 4.69) is 17.2 Å². The second-order valence-electron chi connectivity index (χ2n) is 5.28. The maximum Gasteiger partial charge on any atom is 0.261 e. The lowest BCUT2D eigenvalue weighted by atomic mass is 10.1. The minimum Gasteiger partial charge on any atom is -0.341 e. The van der Waals surface area contributed by atoms with Gasteiger partial charge in [0.15, 0.2) is 0 Å². The van der Waals surface area contributed by atoms with Crippen LogP contribution in [0.15, 0.2) is 48.5 Å². The smallest absolute Gasteiger partial charge is 0.261 e. The molecule has 0 unspecified atom stereocenters. The van der Waals surface area contributed by atoms with Crippen molar-refractivity contribution in [2.75, 3.05) is 13.6 Å². The first-order valence-corrected chi connectivity index (χ1v) is 7.36. The predicted octanol–water partition coefficient (Wildman–Crippen LogP) is 1.69. The lowest BCUT2D eigenvalue weighted by Crippen LogP contribution is -2.24. The summed E-state index contributed by atoms with van der Waals surface area (Å²) in [6, 6.07) is 13.9. The normalized spacial score (nSPS) is 12.5. The highest BCUT2D eigenvalue weighted by Gasteiger charge is 2.33. The van der Waals surface area contributed by atoms with Crippen LogP contribution in [0.3, 0.4) is 0 Å². The van der Waals surface area contributed by atoms with E-state index in [4.69, 9.17) is 0 Å². The van der Waals surface area contributed by atoms with Gasteiger partial charge in [0, 0.05) is 18.2 Å². The van der Waals surface area contributed by atoms with Crippen molar-refractivity contribution in [2.45, 2.75) is 0 Å². The van der Waals surface area contributed by atoms with Gasteiger partial charge in [-0.2, -0.15) is 0 Å². The van der Waals surface area contributed by atoms with Gasteiger partial charge in [-0.15, -0.1) is 0 Å². The molecule has 0 spiro atoms. The highest BCUT2D eigenvalue weighted by Crippen LogP contribution is 2.22. The van der Waals surface area contributed by atoms with E-state index in [1.165, 1.54) is 25.2 Å². The summed E-state index contributed by atoms with van der Waals surface area (Å²) < 4.78 is 0. The van der Waals surface area contributed by atoms with Crippen LogP contribution in [0.1, 0.15) is 36.6 Å². The van der Waals surface area contributed by atoms with Crippen LogP contribution in [0, 0.1) is 11.8 Å². The Morgan fingerprint density at radius 2 is 1.75 bits per heavy atom. The summed E-state index contributed by atoms with van der Waals surface area (Å²) >= 11 is 0. The third-order valence-corrected chi connectivity index (χ3v) is 3.70. The molecular weight excluding hydrogens is 304 g/mol. The molecule has 5 nitrogen and oxygen atoms in total. The van der Waals surface area contributed by atoms with Gasteiger partial charge in [0.1, 0.15) is 0 Å². The van der Waals surface area contributed by atoms with Crippen molar-refractivity contribution < 1.29 is 14.4 Å². The van der Waals surface area contributed by atoms with E-state index in [1.807, 2.05) is 30.3 Å². The van der Waals surface area contributed by atoms with Crippen LogP contribution in [0.25, 0.3) is 0 Å². The van der Waals surface area contributed by atoms with Gasteiger partial charge in [0.2, 0.25) is 0 Å². The number of benzene rings is 2. The Morgan fingerprint density at radius 3 is 2.50 bits per heavy atom. The molecule has 0 fully saturated rings. The van der Waals surface area contributed by atoms with E-state index >= 15 is 0 Å². The molecule has 1 aliphatic heterocycles. The lowest BCUT2D eigenvalue weighted by Gasteiger charge is -2.03. The molecule has 3 rings (SSSR count). The van der Waals surface area contributed by atoms with Crippen molar-refractivity contribution in [1.82, 2.24) is 10.2 Å². The number of nitrogens with zero attached hydrogens (tertiary/aromatic N) is 1. The Balaban J connectivity index is 1.68. The predicted molar refractivity (Wildman–Crippen MR) is 88.5 cm³/mol. The molecule has 2 aromatic carbocycles. The molecule has 118 valence electrons. The summed E-state index contributed by atoms with van der Waals surface area (Å²) in [6.07, 6.45) is 0. The summed E-state index contributed by atoms with van der Waals surface area (Å²) in [7, 11) is 1.42. The second kappa shape index (κ2) is 6.39. The van der Waals surface area contributed by atoms with Gasteiger partial charge < -0.3 is 5.32 Å². The first-order valence-electron chi connectivity index (χ1n) is 7.36. The van der Waals surface area contributed by atoms with Crippen LogP contribution in [0.2, 0.25) is 0 Å².